The highest BCUT2D eigenvalue weighted by molar-refractivity contribution is 7.47. The first kappa shape index (κ1) is 12.4. The number of hydrogen-bond acceptors (Lipinski definition) is 3. The summed E-state index contributed by atoms with van der Waals surface area (Å²) in [5.74, 6) is 0. The summed E-state index contributed by atoms with van der Waals surface area (Å²) in [5, 5.41) is 0. The van der Waals surface area contributed by atoms with E-state index in [0.717, 1.165) is 12.1 Å². The summed E-state index contributed by atoms with van der Waals surface area (Å²) >= 11 is 0. The molecule has 0 aliphatic rings. The van der Waals surface area contributed by atoms with E-state index in [-0.39, 0.29) is 6.61 Å². The lowest BCUT2D eigenvalue weighted by Crippen LogP contribution is -2.05. The molecule has 0 bridgehead atoms. The average Bonchev–Trinajstić information content (AvgIpc) is 2.14. The van der Waals surface area contributed by atoms with Crippen molar-refractivity contribution in [3.8, 4) is 0 Å². The van der Waals surface area contributed by atoms with Crippen molar-refractivity contribution in [1.82, 2.24) is 0 Å². The van der Waals surface area contributed by atoms with E-state index in [9.17, 15) is 13.2 Å². The second kappa shape index (κ2) is 4.90. The molecule has 0 amide bonds. The number of benzene rings is 1. The van der Waals surface area contributed by atoms with E-state index >= 15 is 0 Å². The molecule has 0 heterocycles. The molecule has 0 aliphatic heterocycles. The number of alkyl halides is 3. The molecule has 84 valence electrons. The van der Waals surface area contributed by atoms with Crippen LogP contribution in [0.1, 0.15) is 11.1 Å². The van der Waals surface area contributed by atoms with E-state index in [1.807, 2.05) is 0 Å². The normalized spacial score (nSPS) is 12.1. The maximum absolute atomic E-state index is 12.2. The monoisotopic (exact) mass is 238 g/mol. The van der Waals surface area contributed by atoms with Crippen molar-refractivity contribution in [2.75, 3.05) is 0 Å². The van der Waals surface area contributed by atoms with Gasteiger partial charge in [0, 0.05) is 0 Å². The van der Waals surface area contributed by atoms with Gasteiger partial charge in [-0.3, -0.25) is 11.0 Å². The van der Waals surface area contributed by atoms with Crippen LogP contribution in [0.3, 0.4) is 0 Å². The zero-order valence-corrected chi connectivity index (χ0v) is 8.55. The van der Waals surface area contributed by atoms with Crippen molar-refractivity contribution >= 4 is 8.45 Å². The highest BCUT2D eigenvalue weighted by Gasteiger charge is 2.29. The first-order chi connectivity index (χ1) is 6.89. The molecule has 0 radical (unpaired) electrons. The Hall–Kier alpha value is -0.680. The maximum atomic E-state index is 12.2. The van der Waals surface area contributed by atoms with Crippen LogP contribution in [0.25, 0.3) is 0 Å². The standard InChI is InChI=1S/C8H10F3N2OP/c9-8(10,11)7-3-1-6(2-4-7)5-14-15(12)13/h1-4H,5,12-13H2. The van der Waals surface area contributed by atoms with Gasteiger partial charge in [0.15, 0.2) is 8.45 Å². The minimum atomic E-state index is -4.31. The Balaban J connectivity index is 2.65. The second-order valence-electron chi connectivity index (χ2n) is 2.83. The summed E-state index contributed by atoms with van der Waals surface area (Å²) in [6.45, 7) is 0.122. The van der Waals surface area contributed by atoms with Gasteiger partial charge >= 0.3 is 6.18 Å². The van der Waals surface area contributed by atoms with Gasteiger partial charge in [-0.2, -0.15) is 13.2 Å². The number of rotatable bonds is 3. The molecular formula is C8H10F3N2OP. The maximum Gasteiger partial charge on any atom is 0.416 e. The molecule has 3 nitrogen and oxygen atoms in total. The molecule has 15 heavy (non-hydrogen) atoms. The van der Waals surface area contributed by atoms with Gasteiger partial charge in [0.1, 0.15) is 0 Å². The van der Waals surface area contributed by atoms with Crippen LogP contribution in [0.4, 0.5) is 13.2 Å². The molecule has 0 saturated carbocycles. The van der Waals surface area contributed by atoms with Crippen LogP contribution in [0, 0.1) is 0 Å². The van der Waals surface area contributed by atoms with Crippen molar-refractivity contribution in [1.29, 1.82) is 0 Å². The minimum Gasteiger partial charge on any atom is -0.327 e. The van der Waals surface area contributed by atoms with Crippen molar-refractivity contribution in [2.45, 2.75) is 12.8 Å². The van der Waals surface area contributed by atoms with Crippen molar-refractivity contribution in [2.24, 2.45) is 11.0 Å². The third-order valence-electron chi connectivity index (χ3n) is 1.66. The molecule has 0 atom stereocenters. The first-order valence-electron chi connectivity index (χ1n) is 3.98. The predicted molar refractivity (Wildman–Crippen MR) is 51.5 cm³/mol. The smallest absolute Gasteiger partial charge is 0.327 e. The zero-order valence-electron chi connectivity index (χ0n) is 7.66. The first-order valence-corrected chi connectivity index (χ1v) is 5.38. The van der Waals surface area contributed by atoms with Crippen LogP contribution in [0.15, 0.2) is 24.3 Å². The van der Waals surface area contributed by atoms with Gasteiger partial charge in [0.2, 0.25) is 0 Å². The zero-order chi connectivity index (χ0) is 11.5. The molecule has 0 spiro atoms. The molecule has 0 saturated heterocycles. The van der Waals surface area contributed by atoms with E-state index in [4.69, 9.17) is 15.5 Å². The van der Waals surface area contributed by atoms with Crippen LogP contribution in [0.5, 0.6) is 0 Å². The van der Waals surface area contributed by atoms with Crippen molar-refractivity contribution < 1.29 is 17.7 Å². The average molecular weight is 238 g/mol. The van der Waals surface area contributed by atoms with E-state index in [2.05, 4.69) is 0 Å². The van der Waals surface area contributed by atoms with Crippen molar-refractivity contribution in [3.05, 3.63) is 35.4 Å². The summed E-state index contributed by atoms with van der Waals surface area (Å²) in [7, 11) is -1.48. The third-order valence-corrected chi connectivity index (χ3v) is 2.09. The molecule has 1 rings (SSSR count). The van der Waals surface area contributed by atoms with E-state index in [1.54, 1.807) is 0 Å². The van der Waals surface area contributed by atoms with Crippen LogP contribution in [-0.4, -0.2) is 0 Å². The molecule has 4 N–H and O–H groups in total. The molecule has 0 aliphatic carbocycles. The summed E-state index contributed by atoms with van der Waals surface area (Å²) in [5.41, 5.74) is 10.3. The largest absolute Gasteiger partial charge is 0.416 e. The van der Waals surface area contributed by atoms with Gasteiger partial charge in [0.05, 0.1) is 12.2 Å². The van der Waals surface area contributed by atoms with Gasteiger partial charge in [-0.15, -0.1) is 0 Å². The van der Waals surface area contributed by atoms with Crippen molar-refractivity contribution in [3.63, 3.8) is 0 Å². The van der Waals surface area contributed by atoms with E-state index < -0.39 is 20.2 Å². The molecular weight excluding hydrogens is 228 g/mol. The van der Waals surface area contributed by atoms with Gasteiger partial charge in [-0.1, -0.05) is 12.1 Å². The lowest BCUT2D eigenvalue weighted by atomic mass is 10.1. The highest BCUT2D eigenvalue weighted by atomic mass is 31.2. The van der Waals surface area contributed by atoms with Gasteiger partial charge in [-0.05, 0) is 17.7 Å². The molecule has 7 heteroatoms. The molecule has 0 fully saturated rings. The van der Waals surface area contributed by atoms with Gasteiger partial charge in [-0.25, -0.2) is 0 Å². The number of hydrogen-bond donors (Lipinski definition) is 2. The van der Waals surface area contributed by atoms with Crippen LogP contribution < -0.4 is 11.0 Å². The molecule has 0 aromatic heterocycles. The van der Waals surface area contributed by atoms with Gasteiger partial charge in [0.25, 0.3) is 0 Å². The Bertz CT molecular complexity index is 313. The van der Waals surface area contributed by atoms with E-state index in [0.29, 0.717) is 5.56 Å². The van der Waals surface area contributed by atoms with Crippen LogP contribution >= 0.6 is 8.45 Å². The fourth-order valence-corrected chi connectivity index (χ4v) is 1.24. The SMILES string of the molecule is NP(N)OCc1ccc(C(F)(F)F)cc1. The highest BCUT2D eigenvalue weighted by Crippen LogP contribution is 2.29. The van der Waals surface area contributed by atoms with E-state index in [1.165, 1.54) is 12.1 Å². The summed E-state index contributed by atoms with van der Waals surface area (Å²) < 4.78 is 41.4. The fraction of sp³-hybridized carbons (Fsp3) is 0.250. The Labute approximate surface area is 86.1 Å². The van der Waals surface area contributed by atoms with Gasteiger partial charge < -0.3 is 4.52 Å². The van der Waals surface area contributed by atoms with Crippen LogP contribution in [0.2, 0.25) is 0 Å². The Morgan fingerprint density at radius 3 is 2.07 bits per heavy atom. The fourth-order valence-electron chi connectivity index (χ4n) is 0.939. The predicted octanol–water partition coefficient (Wildman–Crippen LogP) is 2.37. The Morgan fingerprint density at radius 2 is 1.67 bits per heavy atom. The Morgan fingerprint density at radius 1 is 1.13 bits per heavy atom. The number of nitrogens with two attached hydrogens (primary N) is 2. The topological polar surface area (TPSA) is 61.3 Å². The second-order valence-corrected chi connectivity index (χ2v) is 3.81. The molecule has 1 aromatic carbocycles. The third kappa shape index (κ3) is 4.13. The number of halogens is 3. The Kier molecular flexibility index (Phi) is 4.04. The summed E-state index contributed by atoms with van der Waals surface area (Å²) in [6, 6.07) is 4.66. The quantitative estimate of drug-likeness (QED) is 0.794. The minimum absolute atomic E-state index is 0.122. The molecule has 1 aromatic rings. The summed E-state index contributed by atoms with van der Waals surface area (Å²) in [6.07, 6.45) is -4.31. The molecule has 0 unspecified atom stereocenters. The lowest BCUT2D eigenvalue weighted by molar-refractivity contribution is -0.137. The lowest BCUT2D eigenvalue weighted by Gasteiger charge is -2.09. The van der Waals surface area contributed by atoms with Crippen LogP contribution in [-0.2, 0) is 17.3 Å². The summed E-state index contributed by atoms with van der Waals surface area (Å²) in [4.78, 5) is 0.